The lowest BCUT2D eigenvalue weighted by atomic mass is 9.96. The topological polar surface area (TPSA) is 78.0 Å². The zero-order valence-electron chi connectivity index (χ0n) is 10.6. The number of aromatic nitrogens is 2. The number of nitrogens with zero attached hydrogens (tertiary/aromatic N) is 2. The average Bonchev–Trinajstić information content (AvgIpc) is 2.77. The summed E-state index contributed by atoms with van der Waals surface area (Å²) in [5.74, 6) is 0.0349. The molecule has 102 valence electrons. The Bertz CT molecular complexity index is 475. The van der Waals surface area contributed by atoms with Gasteiger partial charge in [0.05, 0.1) is 23.2 Å². The first-order chi connectivity index (χ1) is 8.61. The van der Waals surface area contributed by atoms with Crippen molar-refractivity contribution in [1.29, 1.82) is 0 Å². The third-order valence-corrected chi connectivity index (χ3v) is 5.00. The van der Waals surface area contributed by atoms with Crippen LogP contribution in [0.4, 0.5) is 0 Å². The molecule has 2 N–H and O–H groups in total. The first-order valence-electron chi connectivity index (χ1n) is 6.55. The van der Waals surface area contributed by atoms with Crippen LogP contribution in [0, 0.1) is 0 Å². The van der Waals surface area contributed by atoms with Gasteiger partial charge in [0.25, 0.3) is 0 Å². The van der Waals surface area contributed by atoms with Gasteiger partial charge >= 0.3 is 0 Å². The Morgan fingerprint density at radius 3 is 2.72 bits per heavy atom. The van der Waals surface area contributed by atoms with Crippen LogP contribution in [0.2, 0.25) is 0 Å². The fourth-order valence-electron chi connectivity index (χ4n) is 2.48. The molecule has 1 aromatic heterocycles. The summed E-state index contributed by atoms with van der Waals surface area (Å²) < 4.78 is 25.2. The fraction of sp³-hybridized carbons (Fsp3) is 0.750. The predicted molar refractivity (Wildman–Crippen MR) is 70.9 cm³/mol. The number of sulfone groups is 1. The van der Waals surface area contributed by atoms with Gasteiger partial charge in [0.1, 0.15) is 0 Å². The first kappa shape index (κ1) is 13.5. The highest BCUT2D eigenvalue weighted by atomic mass is 32.2. The predicted octanol–water partition coefficient (Wildman–Crippen LogP) is 1.26. The Kier molecular flexibility index (Phi) is 4.40. The summed E-state index contributed by atoms with van der Waals surface area (Å²) >= 11 is 0. The molecule has 1 fully saturated rings. The lowest BCUT2D eigenvalue weighted by Crippen LogP contribution is -2.18. The van der Waals surface area contributed by atoms with Crippen LogP contribution in [-0.4, -0.2) is 30.5 Å². The van der Waals surface area contributed by atoms with Crippen LogP contribution in [0.15, 0.2) is 12.3 Å². The van der Waals surface area contributed by atoms with Crippen LogP contribution in [0.25, 0.3) is 0 Å². The monoisotopic (exact) mass is 271 g/mol. The Balaban J connectivity index is 2.01. The summed E-state index contributed by atoms with van der Waals surface area (Å²) in [6.45, 7) is 0.172. The molecule has 0 atom stereocenters. The molecule has 0 aromatic carbocycles. The summed E-state index contributed by atoms with van der Waals surface area (Å²) in [5, 5.41) is 4.40. The third kappa shape index (κ3) is 3.55. The smallest absolute Gasteiger partial charge is 0.157 e. The molecule has 6 heteroatoms. The third-order valence-electron chi connectivity index (χ3n) is 3.41. The Morgan fingerprint density at radius 2 is 2.06 bits per heavy atom. The Hall–Kier alpha value is -0.880. The summed E-state index contributed by atoms with van der Waals surface area (Å²) in [6, 6.07) is 2.26. The molecule has 0 spiro atoms. The van der Waals surface area contributed by atoms with E-state index in [9.17, 15) is 8.42 Å². The van der Waals surface area contributed by atoms with Crippen LogP contribution in [0.1, 0.15) is 43.8 Å². The minimum absolute atomic E-state index is 0.00389. The Morgan fingerprint density at radius 1 is 1.33 bits per heavy atom. The molecule has 5 nitrogen and oxygen atoms in total. The van der Waals surface area contributed by atoms with Crippen LogP contribution in [0.3, 0.4) is 0 Å². The van der Waals surface area contributed by atoms with E-state index in [4.69, 9.17) is 5.73 Å². The van der Waals surface area contributed by atoms with Crippen LogP contribution >= 0.6 is 0 Å². The summed E-state index contributed by atoms with van der Waals surface area (Å²) in [5.41, 5.74) is 5.92. The molecule has 1 saturated carbocycles. The van der Waals surface area contributed by atoms with E-state index in [1.165, 1.54) is 19.3 Å². The molecule has 1 aromatic rings. The minimum Gasteiger partial charge on any atom is -0.329 e. The molecule has 0 saturated heterocycles. The minimum atomic E-state index is -3.10. The van der Waals surface area contributed by atoms with Gasteiger partial charge in [-0.2, -0.15) is 5.10 Å². The highest BCUT2D eigenvalue weighted by molar-refractivity contribution is 7.90. The molecule has 0 amide bonds. The molecule has 1 heterocycles. The zero-order valence-corrected chi connectivity index (χ0v) is 11.4. The van der Waals surface area contributed by atoms with E-state index in [0.717, 1.165) is 12.8 Å². The molecule has 1 aliphatic rings. The molecule has 1 aliphatic carbocycles. The summed E-state index contributed by atoms with van der Waals surface area (Å²) in [4.78, 5) is 0. The van der Waals surface area contributed by atoms with E-state index >= 15 is 0 Å². The van der Waals surface area contributed by atoms with Gasteiger partial charge in [-0.25, -0.2) is 8.42 Å². The van der Waals surface area contributed by atoms with Gasteiger partial charge in [-0.1, -0.05) is 19.3 Å². The molecular weight excluding hydrogens is 250 g/mol. The number of hydrogen-bond donors (Lipinski definition) is 1. The highest BCUT2D eigenvalue weighted by Crippen LogP contribution is 2.27. The van der Waals surface area contributed by atoms with Crippen molar-refractivity contribution in [3.8, 4) is 0 Å². The van der Waals surface area contributed by atoms with Crippen LogP contribution in [-0.2, 0) is 15.6 Å². The zero-order chi connectivity index (χ0) is 13.0. The lowest BCUT2D eigenvalue weighted by Gasteiger charge is -2.21. The van der Waals surface area contributed by atoms with E-state index in [0.29, 0.717) is 11.7 Å². The van der Waals surface area contributed by atoms with E-state index in [1.807, 2.05) is 16.9 Å². The number of nitrogens with two attached hydrogens (primary N) is 1. The number of hydrogen-bond acceptors (Lipinski definition) is 4. The van der Waals surface area contributed by atoms with Crippen molar-refractivity contribution in [2.75, 3.05) is 12.3 Å². The normalized spacial score (nSPS) is 18.1. The van der Waals surface area contributed by atoms with E-state index in [2.05, 4.69) is 5.10 Å². The largest absolute Gasteiger partial charge is 0.329 e. The molecule has 0 aliphatic heterocycles. The maximum atomic E-state index is 11.7. The SMILES string of the molecule is NCCS(=O)(=O)Cc1ccn(C2CCCCC2)n1. The van der Waals surface area contributed by atoms with Crippen LogP contribution < -0.4 is 5.73 Å². The highest BCUT2D eigenvalue weighted by Gasteiger charge is 2.18. The van der Waals surface area contributed by atoms with Gasteiger partial charge < -0.3 is 5.73 Å². The van der Waals surface area contributed by atoms with Gasteiger partial charge in [0.2, 0.25) is 0 Å². The Labute approximate surface area is 108 Å². The molecule has 0 radical (unpaired) electrons. The van der Waals surface area contributed by atoms with Gasteiger partial charge in [0, 0.05) is 12.7 Å². The molecular formula is C12H21N3O2S. The van der Waals surface area contributed by atoms with Gasteiger partial charge in [0.15, 0.2) is 9.84 Å². The second kappa shape index (κ2) is 5.84. The van der Waals surface area contributed by atoms with Crippen molar-refractivity contribution in [2.45, 2.75) is 43.9 Å². The van der Waals surface area contributed by atoms with Gasteiger partial charge in [-0.3, -0.25) is 4.68 Å². The average molecular weight is 271 g/mol. The van der Waals surface area contributed by atoms with E-state index in [-0.39, 0.29) is 18.1 Å². The quantitative estimate of drug-likeness (QED) is 0.874. The standard InChI is InChI=1S/C12H21N3O2S/c13-7-9-18(16,17)10-11-6-8-15(14-11)12-4-2-1-3-5-12/h6,8,12H,1-5,7,9-10,13H2. The molecule has 0 unspecified atom stereocenters. The molecule has 2 rings (SSSR count). The maximum Gasteiger partial charge on any atom is 0.157 e. The first-order valence-corrected chi connectivity index (χ1v) is 8.37. The van der Waals surface area contributed by atoms with Crippen molar-refractivity contribution in [2.24, 2.45) is 5.73 Å². The maximum absolute atomic E-state index is 11.7. The van der Waals surface area contributed by atoms with Crippen molar-refractivity contribution < 1.29 is 8.42 Å². The van der Waals surface area contributed by atoms with Gasteiger partial charge in [-0.05, 0) is 18.9 Å². The summed E-state index contributed by atoms with van der Waals surface area (Å²) in [7, 11) is -3.10. The van der Waals surface area contributed by atoms with Crippen LogP contribution in [0.5, 0.6) is 0 Å². The molecule has 18 heavy (non-hydrogen) atoms. The van der Waals surface area contributed by atoms with Gasteiger partial charge in [-0.15, -0.1) is 0 Å². The summed E-state index contributed by atoms with van der Waals surface area (Å²) in [6.07, 6.45) is 7.99. The van der Waals surface area contributed by atoms with Crippen molar-refractivity contribution in [1.82, 2.24) is 9.78 Å². The second-order valence-electron chi connectivity index (χ2n) is 4.96. The number of rotatable bonds is 5. The van der Waals surface area contributed by atoms with E-state index in [1.54, 1.807) is 0 Å². The second-order valence-corrected chi connectivity index (χ2v) is 7.14. The van der Waals surface area contributed by atoms with Crippen molar-refractivity contribution in [3.63, 3.8) is 0 Å². The van der Waals surface area contributed by atoms with Crippen molar-refractivity contribution in [3.05, 3.63) is 18.0 Å². The molecule has 0 bridgehead atoms. The van der Waals surface area contributed by atoms with Crippen molar-refractivity contribution >= 4 is 9.84 Å². The lowest BCUT2D eigenvalue weighted by molar-refractivity contribution is 0.328. The van der Waals surface area contributed by atoms with E-state index < -0.39 is 9.84 Å². The fourth-order valence-corrected chi connectivity index (χ4v) is 3.59.